The first-order chi connectivity index (χ1) is 8.25. The fourth-order valence-corrected chi connectivity index (χ4v) is 3.41. The van der Waals surface area contributed by atoms with Gasteiger partial charge in [-0.15, -0.1) is 24.8 Å². The lowest BCUT2D eigenvalue weighted by molar-refractivity contribution is 0.154. The molecule has 0 amide bonds. The maximum absolute atomic E-state index is 3.43. The molecule has 3 rings (SSSR count). The molecular formula is C15H24Cl2N2. The lowest BCUT2D eigenvalue weighted by Crippen LogP contribution is -2.47. The minimum atomic E-state index is 0. The van der Waals surface area contributed by atoms with Crippen molar-refractivity contribution in [3.8, 4) is 0 Å². The van der Waals surface area contributed by atoms with E-state index in [4.69, 9.17) is 0 Å². The fourth-order valence-electron chi connectivity index (χ4n) is 3.41. The smallest absolute Gasteiger partial charge is 0.0108 e. The summed E-state index contributed by atoms with van der Waals surface area (Å²) in [5.74, 6) is 0. The van der Waals surface area contributed by atoms with Crippen LogP contribution in [-0.4, -0.2) is 37.6 Å². The minimum absolute atomic E-state index is 0. The summed E-state index contributed by atoms with van der Waals surface area (Å²) >= 11 is 0. The van der Waals surface area contributed by atoms with Crippen LogP contribution in [0.4, 0.5) is 0 Å². The molecular weight excluding hydrogens is 279 g/mol. The lowest BCUT2D eigenvalue weighted by atomic mass is 9.86. The molecule has 108 valence electrons. The summed E-state index contributed by atoms with van der Waals surface area (Å²) < 4.78 is 0. The first-order valence-corrected chi connectivity index (χ1v) is 6.75. The Balaban J connectivity index is 0.000000902. The molecule has 1 aromatic carbocycles. The van der Waals surface area contributed by atoms with Crippen LogP contribution in [-0.2, 0) is 12.8 Å². The molecule has 0 bridgehead atoms. The second-order valence-electron chi connectivity index (χ2n) is 5.96. The van der Waals surface area contributed by atoms with Gasteiger partial charge in [-0.25, -0.2) is 0 Å². The highest BCUT2D eigenvalue weighted by Gasteiger charge is 2.34. The molecule has 1 aliphatic carbocycles. The lowest BCUT2D eigenvalue weighted by Gasteiger charge is -2.35. The predicted molar refractivity (Wildman–Crippen MR) is 85.8 cm³/mol. The largest absolute Gasteiger partial charge is 0.314 e. The van der Waals surface area contributed by atoms with Crippen LogP contribution in [0, 0.1) is 5.41 Å². The van der Waals surface area contributed by atoms with Crippen LogP contribution in [0.1, 0.15) is 18.1 Å². The van der Waals surface area contributed by atoms with Crippen LogP contribution in [0.2, 0.25) is 0 Å². The molecule has 1 N–H and O–H groups in total. The zero-order valence-electron chi connectivity index (χ0n) is 11.5. The number of fused-ring (bicyclic) bond motifs is 1. The van der Waals surface area contributed by atoms with Crippen molar-refractivity contribution < 1.29 is 0 Å². The molecule has 0 saturated carbocycles. The van der Waals surface area contributed by atoms with Crippen molar-refractivity contribution in [2.24, 2.45) is 5.41 Å². The Bertz CT molecular complexity index is 378. The highest BCUT2D eigenvalue weighted by atomic mass is 35.5. The van der Waals surface area contributed by atoms with E-state index >= 15 is 0 Å². The summed E-state index contributed by atoms with van der Waals surface area (Å²) in [4.78, 5) is 2.63. The monoisotopic (exact) mass is 302 g/mol. The van der Waals surface area contributed by atoms with E-state index in [0.717, 1.165) is 13.1 Å². The van der Waals surface area contributed by atoms with E-state index in [0.29, 0.717) is 5.41 Å². The van der Waals surface area contributed by atoms with Crippen molar-refractivity contribution in [2.75, 3.05) is 32.7 Å². The van der Waals surface area contributed by atoms with Crippen molar-refractivity contribution in [2.45, 2.75) is 19.8 Å². The molecule has 0 spiro atoms. The Morgan fingerprint density at radius 2 is 1.58 bits per heavy atom. The molecule has 2 aliphatic rings. The third kappa shape index (κ3) is 3.85. The summed E-state index contributed by atoms with van der Waals surface area (Å²) in [7, 11) is 0. The summed E-state index contributed by atoms with van der Waals surface area (Å²) in [6.07, 6.45) is 2.51. The van der Waals surface area contributed by atoms with Gasteiger partial charge in [0.05, 0.1) is 0 Å². The van der Waals surface area contributed by atoms with Gasteiger partial charge in [-0.2, -0.15) is 0 Å². The predicted octanol–water partition coefficient (Wildman–Crippen LogP) is 2.54. The third-order valence-corrected chi connectivity index (χ3v) is 4.17. The van der Waals surface area contributed by atoms with Crippen LogP contribution >= 0.6 is 24.8 Å². The van der Waals surface area contributed by atoms with Crippen molar-refractivity contribution in [3.63, 3.8) is 0 Å². The molecule has 2 nitrogen and oxygen atoms in total. The topological polar surface area (TPSA) is 15.3 Å². The van der Waals surface area contributed by atoms with Crippen LogP contribution in [0.25, 0.3) is 0 Å². The maximum Gasteiger partial charge on any atom is 0.0108 e. The first-order valence-electron chi connectivity index (χ1n) is 6.75. The Hall–Kier alpha value is -0.280. The molecule has 1 heterocycles. The number of hydrogen-bond donors (Lipinski definition) is 1. The minimum Gasteiger partial charge on any atom is -0.314 e. The Kier molecular flexibility index (Phi) is 6.13. The molecule has 1 aliphatic heterocycles. The van der Waals surface area contributed by atoms with Crippen molar-refractivity contribution >= 4 is 24.8 Å². The van der Waals surface area contributed by atoms with Gasteiger partial charge >= 0.3 is 0 Å². The number of halogens is 2. The van der Waals surface area contributed by atoms with Crippen LogP contribution in [0.3, 0.4) is 0 Å². The second-order valence-corrected chi connectivity index (χ2v) is 5.96. The number of piperazine rings is 1. The highest BCUT2D eigenvalue weighted by molar-refractivity contribution is 5.85. The second kappa shape index (κ2) is 6.94. The molecule has 0 radical (unpaired) electrons. The van der Waals surface area contributed by atoms with Gasteiger partial charge in [0.15, 0.2) is 0 Å². The fraction of sp³-hybridized carbons (Fsp3) is 0.600. The highest BCUT2D eigenvalue weighted by Crippen LogP contribution is 2.37. The average Bonchev–Trinajstić information content (AvgIpc) is 2.66. The first kappa shape index (κ1) is 16.8. The summed E-state index contributed by atoms with van der Waals surface area (Å²) in [5.41, 5.74) is 3.61. The van der Waals surface area contributed by atoms with E-state index in [1.807, 2.05) is 0 Å². The number of rotatable bonds is 2. The van der Waals surface area contributed by atoms with Crippen LogP contribution in [0.5, 0.6) is 0 Å². The van der Waals surface area contributed by atoms with E-state index in [1.165, 1.54) is 32.5 Å². The number of hydrogen-bond acceptors (Lipinski definition) is 2. The van der Waals surface area contributed by atoms with Gasteiger partial charge in [0.2, 0.25) is 0 Å². The van der Waals surface area contributed by atoms with E-state index in [1.54, 1.807) is 11.1 Å². The zero-order valence-corrected chi connectivity index (χ0v) is 13.2. The Morgan fingerprint density at radius 1 is 1.05 bits per heavy atom. The molecule has 1 saturated heterocycles. The van der Waals surface area contributed by atoms with Gasteiger partial charge in [-0.05, 0) is 29.4 Å². The van der Waals surface area contributed by atoms with E-state index in [-0.39, 0.29) is 24.8 Å². The number of benzene rings is 1. The van der Waals surface area contributed by atoms with Gasteiger partial charge in [-0.1, -0.05) is 31.2 Å². The van der Waals surface area contributed by atoms with E-state index in [2.05, 4.69) is 41.4 Å². The average molecular weight is 303 g/mol. The van der Waals surface area contributed by atoms with Crippen molar-refractivity contribution in [1.82, 2.24) is 10.2 Å². The molecule has 19 heavy (non-hydrogen) atoms. The normalized spacial score (nSPS) is 21.1. The molecule has 1 fully saturated rings. The number of nitrogens with zero attached hydrogens (tertiary/aromatic N) is 1. The Labute approximate surface area is 128 Å². The van der Waals surface area contributed by atoms with Gasteiger partial charge in [-0.3, -0.25) is 0 Å². The third-order valence-electron chi connectivity index (χ3n) is 4.17. The van der Waals surface area contributed by atoms with Gasteiger partial charge in [0.25, 0.3) is 0 Å². The van der Waals surface area contributed by atoms with Crippen LogP contribution in [0.15, 0.2) is 24.3 Å². The van der Waals surface area contributed by atoms with E-state index in [9.17, 15) is 0 Å². The standard InChI is InChI=1S/C15H22N2.2ClH/c1-15(12-17-8-6-16-7-9-17)10-13-4-2-3-5-14(13)11-15;;/h2-5,16H,6-12H2,1H3;2*1H. The molecule has 0 atom stereocenters. The molecule has 0 unspecified atom stereocenters. The van der Waals surface area contributed by atoms with Crippen LogP contribution < -0.4 is 5.32 Å². The van der Waals surface area contributed by atoms with Gasteiger partial charge < -0.3 is 10.2 Å². The van der Waals surface area contributed by atoms with Crippen molar-refractivity contribution in [3.05, 3.63) is 35.4 Å². The SMILES string of the molecule is CC1(CN2CCNCC2)Cc2ccccc2C1.Cl.Cl. The Morgan fingerprint density at radius 3 is 2.11 bits per heavy atom. The summed E-state index contributed by atoms with van der Waals surface area (Å²) in [6.45, 7) is 8.45. The van der Waals surface area contributed by atoms with Gasteiger partial charge in [0, 0.05) is 32.7 Å². The quantitative estimate of drug-likeness (QED) is 0.903. The summed E-state index contributed by atoms with van der Waals surface area (Å²) in [6, 6.07) is 8.96. The molecule has 4 heteroatoms. The molecule has 1 aromatic rings. The van der Waals surface area contributed by atoms with Gasteiger partial charge in [0.1, 0.15) is 0 Å². The molecule has 0 aromatic heterocycles. The number of nitrogens with one attached hydrogen (secondary N) is 1. The maximum atomic E-state index is 3.43. The zero-order chi connectivity index (χ0) is 11.7. The summed E-state index contributed by atoms with van der Waals surface area (Å²) in [5, 5.41) is 3.43. The van der Waals surface area contributed by atoms with E-state index < -0.39 is 0 Å². The van der Waals surface area contributed by atoms with Crippen molar-refractivity contribution in [1.29, 1.82) is 0 Å².